The normalized spacial score (nSPS) is 21.7. The lowest BCUT2D eigenvalue weighted by Gasteiger charge is -2.41. The molecule has 5 heteroatoms. The molecule has 2 N–H and O–H groups in total. The van der Waals surface area contributed by atoms with E-state index >= 15 is 0 Å². The maximum atomic E-state index is 12.7. The van der Waals surface area contributed by atoms with E-state index in [1.165, 1.54) is 0 Å². The molecular weight excluding hydrogens is 292 g/mol. The van der Waals surface area contributed by atoms with Crippen LogP contribution in [-0.4, -0.2) is 65.8 Å². The minimum absolute atomic E-state index is 0.0271. The Morgan fingerprint density at radius 1 is 1.39 bits per heavy atom. The number of carbonyl (C=O) groups excluding carboxylic acids is 1. The molecule has 0 saturated carbocycles. The van der Waals surface area contributed by atoms with Crippen LogP contribution < -0.4 is 0 Å². The fourth-order valence-corrected chi connectivity index (χ4v) is 3.49. The number of hydrogen-bond donors (Lipinski definition) is 2. The molecule has 128 valence electrons. The van der Waals surface area contributed by atoms with Crippen molar-refractivity contribution in [1.82, 2.24) is 9.80 Å². The molecule has 23 heavy (non-hydrogen) atoms. The third-order valence-corrected chi connectivity index (χ3v) is 4.82. The number of aliphatic hydroxyl groups excluding tert-OH is 1. The minimum atomic E-state index is 0.0271. The van der Waals surface area contributed by atoms with Gasteiger partial charge in [-0.05, 0) is 70.0 Å². The third-order valence-electron chi connectivity index (χ3n) is 4.82. The number of aryl methyl sites for hydroxylation is 1. The highest BCUT2D eigenvalue weighted by Crippen LogP contribution is 2.26. The van der Waals surface area contributed by atoms with Gasteiger partial charge in [0.05, 0.1) is 0 Å². The first-order chi connectivity index (χ1) is 10.9. The number of phenols is 1. The Kier molecular flexibility index (Phi) is 6.02. The van der Waals surface area contributed by atoms with Crippen LogP contribution in [-0.2, 0) is 0 Å². The van der Waals surface area contributed by atoms with Gasteiger partial charge in [0.15, 0.2) is 0 Å². The molecule has 0 aromatic heterocycles. The Morgan fingerprint density at radius 2 is 2.13 bits per heavy atom. The lowest BCUT2D eigenvalue weighted by atomic mass is 9.87. The van der Waals surface area contributed by atoms with Gasteiger partial charge >= 0.3 is 0 Å². The molecule has 1 amide bonds. The second kappa shape index (κ2) is 7.79. The zero-order valence-electron chi connectivity index (χ0n) is 14.3. The van der Waals surface area contributed by atoms with Gasteiger partial charge in [-0.1, -0.05) is 0 Å². The Hall–Kier alpha value is -1.59. The number of nitrogens with zero attached hydrogens (tertiary/aromatic N) is 2. The summed E-state index contributed by atoms with van der Waals surface area (Å²) in [6.07, 6.45) is 2.65. The Labute approximate surface area is 138 Å². The van der Waals surface area contributed by atoms with Crippen molar-refractivity contribution in [1.29, 1.82) is 0 Å². The van der Waals surface area contributed by atoms with E-state index in [0.29, 0.717) is 17.5 Å². The molecule has 2 rings (SSSR count). The van der Waals surface area contributed by atoms with Gasteiger partial charge in [0.25, 0.3) is 5.91 Å². The monoisotopic (exact) mass is 320 g/mol. The third kappa shape index (κ3) is 4.24. The van der Waals surface area contributed by atoms with E-state index in [1.807, 2.05) is 4.90 Å². The van der Waals surface area contributed by atoms with Gasteiger partial charge in [0.1, 0.15) is 5.75 Å². The zero-order chi connectivity index (χ0) is 17.0. The number of aliphatic hydroxyl groups is 1. The molecule has 1 fully saturated rings. The summed E-state index contributed by atoms with van der Waals surface area (Å²) in [5.74, 6) is 0.626. The van der Waals surface area contributed by atoms with Crippen LogP contribution in [0.2, 0.25) is 0 Å². The van der Waals surface area contributed by atoms with E-state index in [1.54, 1.807) is 25.1 Å². The van der Waals surface area contributed by atoms with Crippen molar-refractivity contribution in [2.24, 2.45) is 5.92 Å². The Balaban J connectivity index is 2.10. The number of rotatable bonds is 5. The van der Waals surface area contributed by atoms with E-state index in [-0.39, 0.29) is 18.3 Å². The fraction of sp³-hybridized carbons (Fsp3) is 0.611. The van der Waals surface area contributed by atoms with Gasteiger partial charge in [-0.25, -0.2) is 0 Å². The predicted molar refractivity (Wildman–Crippen MR) is 90.6 cm³/mol. The van der Waals surface area contributed by atoms with Crippen LogP contribution in [0.5, 0.6) is 5.75 Å². The zero-order valence-corrected chi connectivity index (χ0v) is 14.3. The summed E-state index contributed by atoms with van der Waals surface area (Å²) in [4.78, 5) is 16.9. The summed E-state index contributed by atoms with van der Waals surface area (Å²) in [6, 6.07) is 5.47. The van der Waals surface area contributed by atoms with Gasteiger partial charge in [-0.3, -0.25) is 4.79 Å². The van der Waals surface area contributed by atoms with Gasteiger partial charge in [0.2, 0.25) is 0 Å². The maximum absolute atomic E-state index is 12.7. The molecule has 0 unspecified atom stereocenters. The van der Waals surface area contributed by atoms with Crippen LogP contribution in [0, 0.1) is 12.8 Å². The van der Waals surface area contributed by atoms with Gasteiger partial charge < -0.3 is 20.0 Å². The number of phenolic OH excluding ortho intramolecular Hbond substituents is 1. The second-order valence-electron chi connectivity index (χ2n) is 6.70. The highest BCUT2D eigenvalue weighted by molar-refractivity contribution is 5.94. The minimum Gasteiger partial charge on any atom is -0.508 e. The molecule has 0 aliphatic carbocycles. The van der Waals surface area contributed by atoms with Crippen molar-refractivity contribution in [2.75, 3.05) is 33.8 Å². The van der Waals surface area contributed by atoms with Crippen molar-refractivity contribution in [3.63, 3.8) is 0 Å². The number of piperidine rings is 1. The molecule has 0 spiro atoms. The van der Waals surface area contributed by atoms with Crippen LogP contribution in [0.1, 0.15) is 35.2 Å². The predicted octanol–water partition coefficient (Wildman–Crippen LogP) is 1.87. The van der Waals surface area contributed by atoms with Crippen LogP contribution in [0.4, 0.5) is 0 Å². The van der Waals surface area contributed by atoms with Gasteiger partial charge in [-0.15, -0.1) is 0 Å². The van der Waals surface area contributed by atoms with Crippen molar-refractivity contribution in [3.8, 4) is 5.75 Å². The molecule has 0 bridgehead atoms. The number of aromatic hydroxyl groups is 1. The van der Waals surface area contributed by atoms with Gasteiger partial charge in [0, 0.05) is 31.3 Å². The number of likely N-dealkylation sites (tertiary alicyclic amines) is 1. The van der Waals surface area contributed by atoms with Crippen LogP contribution >= 0.6 is 0 Å². The average molecular weight is 320 g/mol. The highest BCUT2D eigenvalue weighted by Gasteiger charge is 2.32. The molecule has 1 saturated heterocycles. The molecule has 1 aromatic carbocycles. The first-order valence-corrected chi connectivity index (χ1v) is 8.30. The van der Waals surface area contributed by atoms with Crippen LogP contribution in [0.15, 0.2) is 18.2 Å². The molecule has 1 aromatic rings. The van der Waals surface area contributed by atoms with E-state index in [9.17, 15) is 9.90 Å². The van der Waals surface area contributed by atoms with E-state index < -0.39 is 0 Å². The van der Waals surface area contributed by atoms with Crippen molar-refractivity contribution in [3.05, 3.63) is 29.3 Å². The summed E-state index contributed by atoms with van der Waals surface area (Å²) in [6.45, 7) is 3.47. The molecular formula is C18H28N2O3. The summed E-state index contributed by atoms with van der Waals surface area (Å²) in [7, 11) is 4.16. The number of amides is 1. The quantitative estimate of drug-likeness (QED) is 0.869. The first-order valence-electron chi connectivity index (χ1n) is 8.30. The first kappa shape index (κ1) is 17.8. The standard InChI is InChI=1S/C18H28N2O3/c1-13-11-14(6-7-17(13)22)18(23)20-9-8-16(19(2)3)15(12-20)5-4-10-21/h6-7,11,15-16,21-22H,4-5,8-10,12H2,1-3H3/t15-,16+/m0/s1. The summed E-state index contributed by atoms with van der Waals surface area (Å²) in [5, 5.41) is 18.7. The largest absolute Gasteiger partial charge is 0.508 e. The smallest absolute Gasteiger partial charge is 0.253 e. The van der Waals surface area contributed by atoms with Crippen molar-refractivity contribution >= 4 is 5.91 Å². The lowest BCUT2D eigenvalue weighted by Crippen LogP contribution is -2.50. The van der Waals surface area contributed by atoms with E-state index in [2.05, 4.69) is 19.0 Å². The number of carbonyl (C=O) groups is 1. The van der Waals surface area contributed by atoms with Crippen LogP contribution in [0.3, 0.4) is 0 Å². The van der Waals surface area contributed by atoms with E-state index in [4.69, 9.17) is 5.11 Å². The van der Waals surface area contributed by atoms with Gasteiger partial charge in [-0.2, -0.15) is 0 Å². The average Bonchev–Trinajstić information content (AvgIpc) is 2.54. The molecule has 0 radical (unpaired) electrons. The SMILES string of the molecule is Cc1cc(C(=O)N2CC[C@@H](N(C)C)[C@@H](CCCO)C2)ccc1O. The van der Waals surface area contributed by atoms with Crippen molar-refractivity contribution < 1.29 is 15.0 Å². The van der Waals surface area contributed by atoms with Crippen molar-refractivity contribution in [2.45, 2.75) is 32.2 Å². The maximum Gasteiger partial charge on any atom is 0.253 e. The van der Waals surface area contributed by atoms with E-state index in [0.717, 1.165) is 37.9 Å². The Bertz CT molecular complexity index is 545. The highest BCUT2D eigenvalue weighted by atomic mass is 16.3. The number of benzene rings is 1. The Morgan fingerprint density at radius 3 is 2.74 bits per heavy atom. The molecule has 5 nitrogen and oxygen atoms in total. The summed E-state index contributed by atoms with van der Waals surface area (Å²) >= 11 is 0. The molecule has 1 aliphatic heterocycles. The summed E-state index contributed by atoms with van der Waals surface area (Å²) < 4.78 is 0. The molecule has 1 aliphatic rings. The fourth-order valence-electron chi connectivity index (χ4n) is 3.49. The lowest BCUT2D eigenvalue weighted by molar-refractivity contribution is 0.0495. The molecule has 2 atom stereocenters. The second-order valence-corrected chi connectivity index (χ2v) is 6.70. The molecule has 1 heterocycles. The topological polar surface area (TPSA) is 64.0 Å². The summed E-state index contributed by atoms with van der Waals surface area (Å²) in [5.41, 5.74) is 1.35. The number of hydrogen-bond acceptors (Lipinski definition) is 4. The van der Waals surface area contributed by atoms with Crippen LogP contribution in [0.25, 0.3) is 0 Å².